The van der Waals surface area contributed by atoms with Gasteiger partial charge in [0.15, 0.2) is 0 Å². The second-order valence-corrected chi connectivity index (χ2v) is 5.07. The molecule has 0 bridgehead atoms. The Morgan fingerprint density at radius 2 is 2.29 bits per heavy atom. The molecule has 94 valence electrons. The summed E-state index contributed by atoms with van der Waals surface area (Å²) in [5.41, 5.74) is 0. The van der Waals surface area contributed by atoms with E-state index in [1.54, 1.807) is 0 Å². The van der Waals surface area contributed by atoms with Crippen molar-refractivity contribution in [1.82, 2.24) is 20.4 Å². The van der Waals surface area contributed by atoms with Crippen molar-refractivity contribution in [3.05, 3.63) is 12.3 Å². The van der Waals surface area contributed by atoms with E-state index in [0.717, 1.165) is 32.1 Å². The van der Waals surface area contributed by atoms with E-state index < -0.39 is 0 Å². The minimum atomic E-state index is 0.539. The fourth-order valence-corrected chi connectivity index (χ4v) is 2.54. The highest BCUT2D eigenvalue weighted by atomic mass is 15.4. The van der Waals surface area contributed by atoms with Crippen molar-refractivity contribution in [3.8, 4) is 0 Å². The SMILES string of the molecule is c1cc(NCC2CCCNC2)n(C2CNC2)n1. The number of nitrogens with zero attached hydrogens (tertiary/aromatic N) is 2. The third-order valence-electron chi connectivity index (χ3n) is 3.75. The lowest BCUT2D eigenvalue weighted by Crippen LogP contribution is -2.44. The van der Waals surface area contributed by atoms with E-state index in [9.17, 15) is 0 Å². The normalized spacial score (nSPS) is 25.5. The van der Waals surface area contributed by atoms with E-state index in [2.05, 4.69) is 31.8 Å². The number of hydrogen-bond donors (Lipinski definition) is 3. The van der Waals surface area contributed by atoms with Gasteiger partial charge in [-0.2, -0.15) is 5.10 Å². The van der Waals surface area contributed by atoms with Crippen molar-refractivity contribution in [2.45, 2.75) is 18.9 Å². The topological polar surface area (TPSA) is 53.9 Å². The first-order chi connectivity index (χ1) is 8.43. The summed E-state index contributed by atoms with van der Waals surface area (Å²) in [7, 11) is 0. The van der Waals surface area contributed by atoms with Crippen molar-refractivity contribution < 1.29 is 0 Å². The van der Waals surface area contributed by atoms with Crippen LogP contribution in [-0.4, -0.2) is 42.5 Å². The highest BCUT2D eigenvalue weighted by Crippen LogP contribution is 2.18. The Morgan fingerprint density at radius 1 is 1.35 bits per heavy atom. The average Bonchev–Trinajstić information content (AvgIpc) is 2.74. The van der Waals surface area contributed by atoms with Crippen LogP contribution in [0.4, 0.5) is 5.82 Å². The minimum Gasteiger partial charge on any atom is -0.370 e. The molecule has 0 saturated carbocycles. The fraction of sp³-hybridized carbons (Fsp3) is 0.750. The van der Waals surface area contributed by atoms with Gasteiger partial charge in [-0.15, -0.1) is 0 Å². The first kappa shape index (κ1) is 11.0. The monoisotopic (exact) mass is 235 g/mol. The van der Waals surface area contributed by atoms with Gasteiger partial charge in [-0.05, 0) is 31.8 Å². The van der Waals surface area contributed by atoms with Crippen LogP contribution in [0, 0.1) is 5.92 Å². The molecule has 2 fully saturated rings. The van der Waals surface area contributed by atoms with Gasteiger partial charge < -0.3 is 16.0 Å². The Labute approximate surface area is 102 Å². The second-order valence-electron chi connectivity index (χ2n) is 5.07. The van der Waals surface area contributed by atoms with Gasteiger partial charge >= 0.3 is 0 Å². The number of piperidine rings is 1. The Morgan fingerprint density at radius 3 is 3.00 bits per heavy atom. The first-order valence-corrected chi connectivity index (χ1v) is 6.62. The Hall–Kier alpha value is -1.07. The maximum atomic E-state index is 4.40. The van der Waals surface area contributed by atoms with Crippen LogP contribution in [-0.2, 0) is 0 Å². The standard InChI is InChI=1S/C12H21N5/c1-2-10(6-13-4-1)7-15-12-3-5-16-17(12)11-8-14-9-11/h3,5,10-11,13-15H,1-2,4,6-9H2. The largest absolute Gasteiger partial charge is 0.370 e. The molecule has 1 aromatic rings. The summed E-state index contributed by atoms with van der Waals surface area (Å²) in [6.07, 6.45) is 4.52. The van der Waals surface area contributed by atoms with E-state index in [0.29, 0.717) is 6.04 Å². The summed E-state index contributed by atoms with van der Waals surface area (Å²) < 4.78 is 2.12. The zero-order valence-electron chi connectivity index (χ0n) is 10.2. The maximum Gasteiger partial charge on any atom is 0.124 e. The third kappa shape index (κ3) is 2.45. The van der Waals surface area contributed by atoms with Gasteiger partial charge in [-0.25, -0.2) is 4.68 Å². The Kier molecular flexibility index (Phi) is 3.29. The van der Waals surface area contributed by atoms with Crippen molar-refractivity contribution in [3.63, 3.8) is 0 Å². The Bertz CT molecular complexity index is 352. The van der Waals surface area contributed by atoms with Crippen molar-refractivity contribution >= 4 is 5.82 Å². The predicted octanol–water partition coefficient (Wildman–Crippen LogP) is 0.439. The zero-order valence-corrected chi connectivity index (χ0v) is 10.2. The van der Waals surface area contributed by atoms with Crippen LogP contribution in [0.3, 0.4) is 0 Å². The fourth-order valence-electron chi connectivity index (χ4n) is 2.54. The highest BCUT2D eigenvalue weighted by Gasteiger charge is 2.22. The summed E-state index contributed by atoms with van der Waals surface area (Å²) in [5.74, 6) is 1.92. The first-order valence-electron chi connectivity index (χ1n) is 6.62. The molecule has 3 rings (SSSR count). The van der Waals surface area contributed by atoms with Crippen LogP contribution < -0.4 is 16.0 Å². The molecule has 2 saturated heterocycles. The van der Waals surface area contributed by atoms with E-state index in [-0.39, 0.29) is 0 Å². The molecule has 5 heteroatoms. The molecule has 0 spiro atoms. The molecule has 0 aromatic carbocycles. The van der Waals surface area contributed by atoms with Crippen LogP contribution in [0.5, 0.6) is 0 Å². The molecule has 0 aliphatic carbocycles. The van der Waals surface area contributed by atoms with Crippen molar-refractivity contribution in [2.75, 3.05) is 38.0 Å². The smallest absolute Gasteiger partial charge is 0.124 e. The van der Waals surface area contributed by atoms with Crippen LogP contribution in [0.15, 0.2) is 12.3 Å². The molecule has 1 atom stereocenters. The van der Waals surface area contributed by atoms with Gasteiger partial charge in [0.2, 0.25) is 0 Å². The second kappa shape index (κ2) is 5.06. The predicted molar refractivity (Wildman–Crippen MR) is 68.2 cm³/mol. The van der Waals surface area contributed by atoms with Crippen LogP contribution in [0.1, 0.15) is 18.9 Å². The summed E-state index contributed by atoms with van der Waals surface area (Å²) in [6, 6.07) is 2.62. The van der Waals surface area contributed by atoms with Crippen molar-refractivity contribution in [2.24, 2.45) is 5.92 Å². The Balaban J connectivity index is 1.55. The minimum absolute atomic E-state index is 0.539. The van der Waals surface area contributed by atoms with E-state index in [1.807, 2.05) is 6.20 Å². The van der Waals surface area contributed by atoms with E-state index in [1.165, 1.54) is 25.2 Å². The average molecular weight is 235 g/mol. The number of hydrogen-bond acceptors (Lipinski definition) is 4. The molecule has 3 N–H and O–H groups in total. The summed E-state index contributed by atoms with van der Waals surface area (Å²) in [5, 5.41) is 14.7. The molecule has 0 amide bonds. The molecule has 17 heavy (non-hydrogen) atoms. The molecule has 1 aromatic heterocycles. The summed E-state index contributed by atoms with van der Waals surface area (Å²) in [6.45, 7) is 5.47. The van der Waals surface area contributed by atoms with Gasteiger partial charge in [0.25, 0.3) is 0 Å². The number of nitrogens with one attached hydrogen (secondary N) is 3. The van der Waals surface area contributed by atoms with Crippen molar-refractivity contribution in [1.29, 1.82) is 0 Å². The molecule has 0 radical (unpaired) electrons. The molecule has 2 aliphatic rings. The van der Waals surface area contributed by atoms with Crippen LogP contribution in [0.25, 0.3) is 0 Å². The van der Waals surface area contributed by atoms with Gasteiger partial charge in [-0.3, -0.25) is 0 Å². The van der Waals surface area contributed by atoms with E-state index >= 15 is 0 Å². The summed E-state index contributed by atoms with van der Waals surface area (Å²) in [4.78, 5) is 0. The third-order valence-corrected chi connectivity index (χ3v) is 3.75. The van der Waals surface area contributed by atoms with E-state index in [4.69, 9.17) is 0 Å². The quantitative estimate of drug-likeness (QED) is 0.709. The lowest BCUT2D eigenvalue weighted by molar-refractivity contribution is 0.320. The summed E-state index contributed by atoms with van der Waals surface area (Å²) >= 11 is 0. The van der Waals surface area contributed by atoms with Gasteiger partial charge in [0.05, 0.1) is 12.2 Å². The number of anilines is 1. The molecule has 1 unspecified atom stereocenters. The van der Waals surface area contributed by atoms with Gasteiger partial charge in [0.1, 0.15) is 5.82 Å². The highest BCUT2D eigenvalue weighted by molar-refractivity contribution is 5.35. The molecule has 5 nitrogen and oxygen atoms in total. The molecule has 3 heterocycles. The maximum absolute atomic E-state index is 4.40. The number of rotatable bonds is 4. The molecular weight excluding hydrogens is 214 g/mol. The lowest BCUT2D eigenvalue weighted by atomic mass is 10.00. The molecular formula is C12H21N5. The zero-order chi connectivity index (χ0) is 11.5. The van der Waals surface area contributed by atoms with Gasteiger partial charge in [-0.1, -0.05) is 0 Å². The van der Waals surface area contributed by atoms with Gasteiger partial charge in [0, 0.05) is 25.7 Å². The van der Waals surface area contributed by atoms with Crippen LogP contribution in [0.2, 0.25) is 0 Å². The van der Waals surface area contributed by atoms with Crippen LogP contribution >= 0.6 is 0 Å². The molecule has 2 aliphatic heterocycles. The number of aromatic nitrogens is 2. The lowest BCUT2D eigenvalue weighted by Gasteiger charge is -2.29.